The van der Waals surface area contributed by atoms with Crippen LogP contribution in [0.4, 0.5) is 0 Å². The van der Waals surface area contributed by atoms with E-state index in [1.54, 1.807) is 7.05 Å². The van der Waals surface area contributed by atoms with Gasteiger partial charge in [-0.05, 0) is 37.0 Å². The van der Waals surface area contributed by atoms with E-state index in [-0.39, 0.29) is 5.91 Å². The molecule has 0 aliphatic rings. The molecule has 1 aromatic rings. The molecule has 1 rings (SSSR count). The largest absolute Gasteiger partial charge is 0.352 e. The SMILES string of the molecule is C=CCCCN(C)C(=NC)NCc1ccc(C(=O)NCCCC)cc1. The standard InChI is InChI=1S/C20H32N4O/c1-5-7-9-15-24(4)20(21-3)23-16-17-10-12-18(13-11-17)19(25)22-14-8-6-2/h5,10-13H,1,6-9,14-16H2,2-4H3,(H,21,23)(H,22,25). The smallest absolute Gasteiger partial charge is 0.251 e. The van der Waals surface area contributed by atoms with Crippen LogP contribution in [-0.4, -0.2) is 44.0 Å². The van der Waals surface area contributed by atoms with Crippen molar-refractivity contribution in [2.45, 2.75) is 39.2 Å². The third-order valence-electron chi connectivity index (χ3n) is 3.96. The van der Waals surface area contributed by atoms with Crippen LogP contribution in [0.1, 0.15) is 48.5 Å². The zero-order valence-corrected chi connectivity index (χ0v) is 15.8. The van der Waals surface area contributed by atoms with Gasteiger partial charge in [-0.15, -0.1) is 6.58 Å². The molecule has 0 atom stereocenters. The number of nitrogens with one attached hydrogen (secondary N) is 2. The van der Waals surface area contributed by atoms with Crippen molar-refractivity contribution in [3.05, 3.63) is 48.0 Å². The van der Waals surface area contributed by atoms with Crippen molar-refractivity contribution < 1.29 is 4.79 Å². The van der Waals surface area contributed by atoms with Crippen molar-refractivity contribution in [3.8, 4) is 0 Å². The molecule has 0 heterocycles. The van der Waals surface area contributed by atoms with Crippen molar-refractivity contribution in [3.63, 3.8) is 0 Å². The van der Waals surface area contributed by atoms with Crippen LogP contribution in [-0.2, 0) is 6.54 Å². The number of carbonyl (C=O) groups excluding carboxylic acids is 1. The molecule has 25 heavy (non-hydrogen) atoms. The number of rotatable bonds is 10. The number of hydrogen-bond acceptors (Lipinski definition) is 2. The fourth-order valence-electron chi connectivity index (χ4n) is 2.40. The summed E-state index contributed by atoms with van der Waals surface area (Å²) in [5.41, 5.74) is 1.82. The molecular weight excluding hydrogens is 312 g/mol. The van der Waals surface area contributed by atoms with Crippen LogP contribution < -0.4 is 10.6 Å². The Labute approximate surface area is 152 Å². The van der Waals surface area contributed by atoms with Crippen LogP contribution in [0.15, 0.2) is 41.9 Å². The Morgan fingerprint density at radius 2 is 1.96 bits per heavy atom. The fraction of sp³-hybridized carbons (Fsp3) is 0.500. The Morgan fingerprint density at radius 3 is 2.56 bits per heavy atom. The van der Waals surface area contributed by atoms with E-state index in [4.69, 9.17) is 0 Å². The number of aliphatic imine (C=N–C) groups is 1. The molecule has 138 valence electrons. The van der Waals surface area contributed by atoms with Crippen molar-refractivity contribution in [1.82, 2.24) is 15.5 Å². The first kappa shape index (κ1) is 20.7. The van der Waals surface area contributed by atoms with Crippen LogP contribution >= 0.6 is 0 Å². The third-order valence-corrected chi connectivity index (χ3v) is 3.96. The molecule has 0 aromatic heterocycles. The highest BCUT2D eigenvalue weighted by atomic mass is 16.1. The Kier molecular flexibility index (Phi) is 10.1. The molecule has 5 heteroatoms. The summed E-state index contributed by atoms with van der Waals surface area (Å²) >= 11 is 0. The summed E-state index contributed by atoms with van der Waals surface area (Å²) < 4.78 is 0. The highest BCUT2D eigenvalue weighted by Crippen LogP contribution is 2.05. The molecular formula is C20H32N4O. The first-order valence-corrected chi connectivity index (χ1v) is 9.02. The van der Waals surface area contributed by atoms with Gasteiger partial charge in [-0.25, -0.2) is 0 Å². The Bertz CT molecular complexity index is 551. The lowest BCUT2D eigenvalue weighted by molar-refractivity contribution is 0.0953. The number of hydrogen-bond donors (Lipinski definition) is 2. The quantitative estimate of drug-likeness (QED) is 0.297. The van der Waals surface area contributed by atoms with Gasteiger partial charge in [-0.1, -0.05) is 31.6 Å². The molecule has 0 unspecified atom stereocenters. The van der Waals surface area contributed by atoms with Crippen LogP contribution in [0.25, 0.3) is 0 Å². The number of unbranched alkanes of at least 4 members (excludes halogenated alkanes) is 2. The Hall–Kier alpha value is -2.30. The number of guanidine groups is 1. The predicted octanol–water partition coefficient (Wildman–Crippen LogP) is 3.19. The number of allylic oxidation sites excluding steroid dienone is 1. The van der Waals surface area contributed by atoms with E-state index in [0.29, 0.717) is 12.1 Å². The van der Waals surface area contributed by atoms with Crippen molar-refractivity contribution in [2.24, 2.45) is 4.99 Å². The fourth-order valence-corrected chi connectivity index (χ4v) is 2.40. The molecule has 0 bridgehead atoms. The number of amides is 1. The van der Waals surface area contributed by atoms with E-state index < -0.39 is 0 Å². The molecule has 0 fully saturated rings. The average molecular weight is 345 g/mol. The first-order chi connectivity index (χ1) is 12.1. The molecule has 1 aromatic carbocycles. The van der Waals surface area contributed by atoms with Gasteiger partial charge in [0, 0.05) is 39.3 Å². The van der Waals surface area contributed by atoms with Gasteiger partial charge < -0.3 is 15.5 Å². The van der Waals surface area contributed by atoms with Gasteiger partial charge in [-0.2, -0.15) is 0 Å². The second-order valence-corrected chi connectivity index (χ2v) is 6.06. The van der Waals surface area contributed by atoms with Crippen LogP contribution in [0.3, 0.4) is 0 Å². The number of carbonyl (C=O) groups is 1. The molecule has 0 saturated heterocycles. The maximum atomic E-state index is 12.0. The van der Waals surface area contributed by atoms with Gasteiger partial charge in [0.2, 0.25) is 0 Å². The third kappa shape index (κ3) is 7.88. The second kappa shape index (κ2) is 12.1. The molecule has 5 nitrogen and oxygen atoms in total. The summed E-state index contributed by atoms with van der Waals surface area (Å²) in [4.78, 5) is 18.4. The average Bonchev–Trinajstić information content (AvgIpc) is 2.63. The lowest BCUT2D eigenvalue weighted by Crippen LogP contribution is -2.38. The summed E-state index contributed by atoms with van der Waals surface area (Å²) in [5, 5.41) is 6.28. The van der Waals surface area contributed by atoms with Gasteiger partial charge in [-0.3, -0.25) is 9.79 Å². The van der Waals surface area contributed by atoms with E-state index in [1.165, 1.54) is 0 Å². The first-order valence-electron chi connectivity index (χ1n) is 9.02. The molecule has 0 radical (unpaired) electrons. The molecule has 0 spiro atoms. The van der Waals surface area contributed by atoms with Gasteiger partial charge in [0.15, 0.2) is 5.96 Å². The highest BCUT2D eigenvalue weighted by molar-refractivity contribution is 5.94. The zero-order valence-electron chi connectivity index (χ0n) is 15.8. The Balaban J connectivity index is 2.48. The minimum atomic E-state index is -0.00859. The van der Waals surface area contributed by atoms with Gasteiger partial charge in [0.25, 0.3) is 5.91 Å². The summed E-state index contributed by atoms with van der Waals surface area (Å²) in [6.07, 6.45) is 6.08. The van der Waals surface area contributed by atoms with E-state index in [9.17, 15) is 4.79 Å². The van der Waals surface area contributed by atoms with Gasteiger partial charge in [0.05, 0.1) is 0 Å². The zero-order chi connectivity index (χ0) is 18.5. The number of nitrogens with zero attached hydrogens (tertiary/aromatic N) is 2. The predicted molar refractivity (Wildman–Crippen MR) is 106 cm³/mol. The molecule has 0 saturated carbocycles. The normalized spacial score (nSPS) is 11.1. The summed E-state index contributed by atoms with van der Waals surface area (Å²) in [6.45, 7) is 8.19. The topological polar surface area (TPSA) is 56.7 Å². The summed E-state index contributed by atoms with van der Waals surface area (Å²) in [5.74, 6) is 0.858. The van der Waals surface area contributed by atoms with E-state index in [1.807, 2.05) is 37.4 Å². The van der Waals surface area contributed by atoms with Crippen molar-refractivity contribution in [1.29, 1.82) is 0 Å². The van der Waals surface area contributed by atoms with E-state index in [0.717, 1.165) is 50.3 Å². The van der Waals surface area contributed by atoms with Crippen molar-refractivity contribution >= 4 is 11.9 Å². The lowest BCUT2D eigenvalue weighted by Gasteiger charge is -2.22. The van der Waals surface area contributed by atoms with Gasteiger partial charge >= 0.3 is 0 Å². The summed E-state index contributed by atoms with van der Waals surface area (Å²) in [6, 6.07) is 7.70. The number of benzene rings is 1. The van der Waals surface area contributed by atoms with Crippen LogP contribution in [0, 0.1) is 0 Å². The van der Waals surface area contributed by atoms with E-state index in [2.05, 4.69) is 34.0 Å². The minimum absolute atomic E-state index is 0.00859. The molecule has 0 aliphatic carbocycles. The Morgan fingerprint density at radius 1 is 1.24 bits per heavy atom. The minimum Gasteiger partial charge on any atom is -0.352 e. The van der Waals surface area contributed by atoms with Crippen LogP contribution in [0.2, 0.25) is 0 Å². The lowest BCUT2D eigenvalue weighted by atomic mass is 10.1. The second-order valence-electron chi connectivity index (χ2n) is 6.06. The molecule has 1 amide bonds. The highest BCUT2D eigenvalue weighted by Gasteiger charge is 2.07. The molecule has 2 N–H and O–H groups in total. The summed E-state index contributed by atoms with van der Waals surface area (Å²) in [7, 11) is 3.82. The maximum Gasteiger partial charge on any atom is 0.251 e. The monoisotopic (exact) mass is 344 g/mol. The van der Waals surface area contributed by atoms with Crippen LogP contribution in [0.5, 0.6) is 0 Å². The molecule has 0 aliphatic heterocycles. The maximum absolute atomic E-state index is 12.0. The van der Waals surface area contributed by atoms with Gasteiger partial charge in [0.1, 0.15) is 0 Å². The van der Waals surface area contributed by atoms with E-state index >= 15 is 0 Å². The van der Waals surface area contributed by atoms with Crippen molar-refractivity contribution in [2.75, 3.05) is 27.2 Å².